The molecule has 1 aromatic rings. The van der Waals surface area contributed by atoms with E-state index >= 15 is 0 Å². The van der Waals surface area contributed by atoms with Crippen LogP contribution >= 0.6 is 0 Å². The van der Waals surface area contributed by atoms with Crippen LogP contribution in [0.4, 0.5) is 5.69 Å². The van der Waals surface area contributed by atoms with Crippen molar-refractivity contribution in [1.82, 2.24) is 0 Å². The van der Waals surface area contributed by atoms with E-state index in [2.05, 4.69) is 0 Å². The van der Waals surface area contributed by atoms with Crippen LogP contribution in [0.25, 0.3) is 0 Å². The molecule has 120 valence electrons. The van der Waals surface area contributed by atoms with E-state index in [1.165, 1.54) is 6.07 Å². The van der Waals surface area contributed by atoms with Gasteiger partial charge >= 0.3 is 5.97 Å². The first-order valence-electron chi connectivity index (χ1n) is 6.84. The first-order chi connectivity index (χ1) is 9.41. The number of nitrogens with zero attached hydrogens (tertiary/aromatic N) is 1. The van der Waals surface area contributed by atoms with Crippen LogP contribution in [0.2, 0.25) is 0 Å². The molecular weight excluding hydrogens is 270 g/mol. The lowest BCUT2D eigenvalue weighted by atomic mass is 10.1. The highest BCUT2D eigenvalue weighted by Gasteiger charge is 2.21. The Bertz CT molecular complexity index is 444. The number of nitro benzene ring substituents is 1. The molecule has 0 aliphatic carbocycles. The third kappa shape index (κ3) is 7.44. The minimum Gasteiger partial charge on any atom is -0.457 e. The SMILES string of the molecule is C.CC.CC(C)CC(=O)OC(C)c1ccccc1[N+](=O)[O-]. The molecule has 21 heavy (non-hydrogen) atoms. The lowest BCUT2D eigenvalue weighted by molar-refractivity contribution is -0.386. The summed E-state index contributed by atoms with van der Waals surface area (Å²) in [5.41, 5.74) is 0.391. The molecule has 0 bridgehead atoms. The van der Waals surface area contributed by atoms with E-state index in [1.54, 1.807) is 25.1 Å². The van der Waals surface area contributed by atoms with E-state index < -0.39 is 11.0 Å². The number of esters is 1. The Labute approximate surface area is 127 Å². The Balaban J connectivity index is 0. The summed E-state index contributed by atoms with van der Waals surface area (Å²) in [4.78, 5) is 21.9. The Morgan fingerprint density at radius 2 is 1.76 bits per heavy atom. The van der Waals surface area contributed by atoms with Crippen molar-refractivity contribution in [2.45, 2.75) is 54.6 Å². The smallest absolute Gasteiger partial charge is 0.306 e. The number of rotatable bonds is 5. The van der Waals surface area contributed by atoms with Gasteiger partial charge in [0.1, 0.15) is 6.10 Å². The summed E-state index contributed by atoms with van der Waals surface area (Å²) in [6.45, 7) is 9.47. The normalized spacial score (nSPS) is 10.8. The van der Waals surface area contributed by atoms with Crippen molar-refractivity contribution in [2.75, 3.05) is 0 Å². The predicted molar refractivity (Wildman–Crippen MR) is 85.1 cm³/mol. The van der Waals surface area contributed by atoms with Gasteiger partial charge in [0.2, 0.25) is 0 Å². The summed E-state index contributed by atoms with van der Waals surface area (Å²) >= 11 is 0. The molecule has 0 fully saturated rings. The fourth-order valence-electron chi connectivity index (χ4n) is 1.64. The number of carbonyl (C=O) groups excluding carboxylic acids is 1. The molecule has 0 saturated carbocycles. The average molecular weight is 297 g/mol. The zero-order chi connectivity index (χ0) is 15.7. The number of carbonyl (C=O) groups is 1. The Hall–Kier alpha value is -1.91. The number of hydrogen-bond acceptors (Lipinski definition) is 4. The molecule has 0 spiro atoms. The van der Waals surface area contributed by atoms with Crippen LogP contribution in [0, 0.1) is 16.0 Å². The monoisotopic (exact) mass is 297 g/mol. The second kappa shape index (κ2) is 10.8. The fraction of sp³-hybridized carbons (Fsp3) is 0.562. The van der Waals surface area contributed by atoms with Crippen LogP contribution in [0.3, 0.4) is 0 Å². The van der Waals surface area contributed by atoms with Crippen LogP contribution in [-0.2, 0) is 9.53 Å². The number of ether oxygens (including phenoxy) is 1. The van der Waals surface area contributed by atoms with Crippen molar-refractivity contribution < 1.29 is 14.5 Å². The predicted octanol–water partition coefficient (Wildman–Crippen LogP) is 4.91. The lowest BCUT2D eigenvalue weighted by Gasteiger charge is -2.14. The molecular formula is C16H27NO4. The standard InChI is InChI=1S/C13H17NO4.C2H6.CH4/c1-9(2)8-13(15)18-10(3)11-6-4-5-7-12(11)14(16)17;1-2;/h4-7,9-10H,8H2,1-3H3;1-2H3;1H4. The molecule has 0 N–H and O–H groups in total. The van der Waals surface area contributed by atoms with E-state index in [9.17, 15) is 14.9 Å². The van der Waals surface area contributed by atoms with Gasteiger partial charge in [0.15, 0.2) is 0 Å². The minimum absolute atomic E-state index is 0. The van der Waals surface area contributed by atoms with Crippen molar-refractivity contribution in [2.24, 2.45) is 5.92 Å². The molecule has 0 aromatic heterocycles. The summed E-state index contributed by atoms with van der Waals surface area (Å²) in [5.74, 6) is -0.133. The second-order valence-corrected chi connectivity index (χ2v) is 4.55. The van der Waals surface area contributed by atoms with E-state index in [0.29, 0.717) is 12.0 Å². The number of benzene rings is 1. The maximum atomic E-state index is 11.5. The lowest BCUT2D eigenvalue weighted by Crippen LogP contribution is -2.12. The number of nitro groups is 1. The van der Waals surface area contributed by atoms with Crippen molar-refractivity contribution in [3.63, 3.8) is 0 Å². The highest BCUT2D eigenvalue weighted by Crippen LogP contribution is 2.27. The Morgan fingerprint density at radius 3 is 2.24 bits per heavy atom. The second-order valence-electron chi connectivity index (χ2n) is 4.55. The van der Waals surface area contributed by atoms with Gasteiger partial charge in [-0.05, 0) is 18.9 Å². The van der Waals surface area contributed by atoms with Crippen molar-refractivity contribution >= 4 is 11.7 Å². The van der Waals surface area contributed by atoms with Gasteiger partial charge in [-0.1, -0.05) is 47.3 Å². The summed E-state index contributed by atoms with van der Waals surface area (Å²) in [6.07, 6.45) is -0.303. The summed E-state index contributed by atoms with van der Waals surface area (Å²) in [6, 6.07) is 6.28. The van der Waals surface area contributed by atoms with Crippen LogP contribution in [0.1, 0.15) is 60.1 Å². The first kappa shape index (κ1) is 21.4. The molecule has 0 saturated heterocycles. The van der Waals surface area contributed by atoms with E-state index in [-0.39, 0.29) is 25.0 Å². The summed E-state index contributed by atoms with van der Waals surface area (Å²) in [7, 11) is 0. The van der Waals surface area contributed by atoms with E-state index in [0.717, 1.165) is 0 Å². The molecule has 1 aromatic carbocycles. The molecule has 0 heterocycles. The van der Waals surface area contributed by atoms with Crippen molar-refractivity contribution in [3.05, 3.63) is 39.9 Å². The van der Waals surface area contributed by atoms with Gasteiger partial charge < -0.3 is 4.74 Å². The number of para-hydroxylation sites is 1. The highest BCUT2D eigenvalue weighted by molar-refractivity contribution is 5.70. The molecule has 5 heteroatoms. The summed E-state index contributed by atoms with van der Waals surface area (Å²) in [5, 5.41) is 10.9. The zero-order valence-electron chi connectivity index (χ0n) is 12.8. The molecule has 1 atom stereocenters. The molecule has 5 nitrogen and oxygen atoms in total. The summed E-state index contributed by atoms with van der Waals surface area (Å²) < 4.78 is 5.19. The Morgan fingerprint density at radius 1 is 1.24 bits per heavy atom. The average Bonchev–Trinajstić information content (AvgIpc) is 2.39. The van der Waals surface area contributed by atoms with Crippen LogP contribution in [-0.4, -0.2) is 10.9 Å². The quantitative estimate of drug-likeness (QED) is 0.440. The van der Waals surface area contributed by atoms with Gasteiger partial charge in [-0.25, -0.2) is 0 Å². The van der Waals surface area contributed by atoms with Gasteiger partial charge in [0.25, 0.3) is 5.69 Å². The van der Waals surface area contributed by atoms with Crippen LogP contribution in [0.5, 0.6) is 0 Å². The maximum Gasteiger partial charge on any atom is 0.306 e. The topological polar surface area (TPSA) is 69.4 Å². The van der Waals surface area contributed by atoms with Gasteiger partial charge in [-0.15, -0.1) is 0 Å². The number of hydrogen-bond donors (Lipinski definition) is 0. The van der Waals surface area contributed by atoms with Gasteiger partial charge in [0.05, 0.1) is 10.5 Å². The maximum absolute atomic E-state index is 11.5. The van der Waals surface area contributed by atoms with Gasteiger partial charge in [0, 0.05) is 12.5 Å². The molecule has 1 rings (SSSR count). The Kier molecular flexibility index (Phi) is 11.0. The molecule has 0 amide bonds. The third-order valence-electron chi connectivity index (χ3n) is 2.45. The van der Waals surface area contributed by atoms with Crippen LogP contribution < -0.4 is 0 Å². The zero-order valence-corrected chi connectivity index (χ0v) is 12.8. The van der Waals surface area contributed by atoms with Crippen molar-refractivity contribution in [1.29, 1.82) is 0 Å². The van der Waals surface area contributed by atoms with Gasteiger partial charge in [-0.2, -0.15) is 0 Å². The highest BCUT2D eigenvalue weighted by atomic mass is 16.6. The molecule has 1 unspecified atom stereocenters. The van der Waals surface area contributed by atoms with E-state index in [4.69, 9.17) is 4.74 Å². The largest absolute Gasteiger partial charge is 0.457 e. The third-order valence-corrected chi connectivity index (χ3v) is 2.45. The molecule has 0 aliphatic heterocycles. The fourth-order valence-corrected chi connectivity index (χ4v) is 1.64. The van der Waals surface area contributed by atoms with Crippen molar-refractivity contribution in [3.8, 4) is 0 Å². The molecule has 0 radical (unpaired) electrons. The molecule has 0 aliphatic rings. The minimum atomic E-state index is -0.613. The van der Waals surface area contributed by atoms with Gasteiger partial charge in [-0.3, -0.25) is 14.9 Å². The first-order valence-corrected chi connectivity index (χ1v) is 6.84. The van der Waals surface area contributed by atoms with E-state index in [1.807, 2.05) is 27.7 Å². The van der Waals surface area contributed by atoms with Crippen LogP contribution in [0.15, 0.2) is 24.3 Å².